The molecule has 88 valence electrons. The number of hydrogen-bond donors (Lipinski definition) is 2. The minimum absolute atomic E-state index is 0.0256. The van der Waals surface area contributed by atoms with Crippen molar-refractivity contribution in [1.29, 1.82) is 0 Å². The summed E-state index contributed by atoms with van der Waals surface area (Å²) in [6.07, 6.45) is 0. The van der Waals surface area contributed by atoms with Gasteiger partial charge in [-0.25, -0.2) is 4.79 Å². The molecule has 1 aromatic rings. The van der Waals surface area contributed by atoms with E-state index in [4.69, 9.17) is 4.74 Å². The van der Waals surface area contributed by atoms with Crippen LogP contribution in [0.1, 0.15) is 10.4 Å². The molecule has 0 spiro atoms. The van der Waals surface area contributed by atoms with Crippen LogP contribution in [0.2, 0.25) is 0 Å². The molecule has 5 heteroatoms. The number of ether oxygens (including phenoxy) is 2. The van der Waals surface area contributed by atoms with Crippen molar-refractivity contribution in [3.8, 4) is 5.75 Å². The summed E-state index contributed by atoms with van der Waals surface area (Å²) >= 11 is 0. The van der Waals surface area contributed by atoms with Gasteiger partial charge in [0.2, 0.25) is 0 Å². The maximum Gasteiger partial charge on any atom is 0.340 e. The molecule has 0 saturated carbocycles. The molecule has 2 N–H and O–H groups in total. The molecule has 0 saturated heterocycles. The molecule has 1 rings (SSSR count). The van der Waals surface area contributed by atoms with Crippen molar-refractivity contribution >= 4 is 11.7 Å². The standard InChI is InChI=1S/C11H15NO4/c1-15-6-5-12-10-4-3-8(13)7-9(10)11(14)16-2/h3-4,7,12-13H,5-6H2,1-2H3. The van der Waals surface area contributed by atoms with Gasteiger partial charge >= 0.3 is 5.97 Å². The van der Waals surface area contributed by atoms with Crippen LogP contribution >= 0.6 is 0 Å². The number of rotatable bonds is 5. The number of esters is 1. The van der Waals surface area contributed by atoms with Crippen LogP contribution in [0.15, 0.2) is 18.2 Å². The summed E-state index contributed by atoms with van der Waals surface area (Å²) in [4.78, 5) is 11.4. The first kappa shape index (κ1) is 12.3. The van der Waals surface area contributed by atoms with Gasteiger partial charge in [-0.1, -0.05) is 0 Å². The monoisotopic (exact) mass is 225 g/mol. The summed E-state index contributed by atoms with van der Waals surface area (Å²) in [5.41, 5.74) is 0.917. The maximum absolute atomic E-state index is 11.4. The zero-order valence-corrected chi connectivity index (χ0v) is 9.32. The zero-order valence-electron chi connectivity index (χ0n) is 9.32. The predicted octanol–water partition coefficient (Wildman–Crippen LogP) is 1.24. The number of aromatic hydroxyl groups is 1. The van der Waals surface area contributed by atoms with Crippen LogP contribution < -0.4 is 5.32 Å². The molecule has 0 unspecified atom stereocenters. The topological polar surface area (TPSA) is 67.8 Å². The first-order chi connectivity index (χ1) is 7.69. The molecular formula is C11H15NO4. The van der Waals surface area contributed by atoms with Crippen molar-refractivity contribution in [1.82, 2.24) is 0 Å². The van der Waals surface area contributed by atoms with Gasteiger partial charge in [0.25, 0.3) is 0 Å². The van der Waals surface area contributed by atoms with Gasteiger partial charge < -0.3 is 19.9 Å². The van der Waals surface area contributed by atoms with Gasteiger partial charge in [-0.15, -0.1) is 0 Å². The third-order valence-corrected chi connectivity index (χ3v) is 2.03. The highest BCUT2D eigenvalue weighted by molar-refractivity contribution is 5.96. The predicted molar refractivity (Wildman–Crippen MR) is 59.8 cm³/mol. The number of hydrogen-bond acceptors (Lipinski definition) is 5. The van der Waals surface area contributed by atoms with Crippen LogP contribution in [0.4, 0.5) is 5.69 Å². The molecule has 0 aromatic heterocycles. The summed E-state index contributed by atoms with van der Waals surface area (Å²) in [5, 5.41) is 12.3. The highest BCUT2D eigenvalue weighted by Crippen LogP contribution is 2.21. The van der Waals surface area contributed by atoms with Gasteiger partial charge in [0.05, 0.1) is 19.3 Å². The van der Waals surface area contributed by atoms with Gasteiger partial charge in [0.15, 0.2) is 0 Å². The quantitative estimate of drug-likeness (QED) is 0.448. The van der Waals surface area contributed by atoms with Crippen LogP contribution in [0.3, 0.4) is 0 Å². The van der Waals surface area contributed by atoms with Crippen LogP contribution in [0.5, 0.6) is 5.75 Å². The fourth-order valence-electron chi connectivity index (χ4n) is 1.25. The van der Waals surface area contributed by atoms with E-state index in [0.717, 1.165) is 0 Å². The second kappa shape index (κ2) is 5.97. The van der Waals surface area contributed by atoms with Gasteiger partial charge in [-0.2, -0.15) is 0 Å². The Hall–Kier alpha value is -1.75. The lowest BCUT2D eigenvalue weighted by Gasteiger charge is -2.10. The minimum atomic E-state index is -0.490. The van der Waals surface area contributed by atoms with Crippen LogP contribution in [-0.4, -0.2) is 38.4 Å². The number of methoxy groups -OCH3 is 2. The van der Waals surface area contributed by atoms with Crippen molar-refractivity contribution in [3.63, 3.8) is 0 Å². The summed E-state index contributed by atoms with van der Waals surface area (Å²) < 4.78 is 9.50. The first-order valence-corrected chi connectivity index (χ1v) is 4.83. The van der Waals surface area contributed by atoms with E-state index in [1.165, 1.54) is 19.2 Å². The molecule has 0 atom stereocenters. The fraction of sp³-hybridized carbons (Fsp3) is 0.364. The molecule has 0 fully saturated rings. The highest BCUT2D eigenvalue weighted by atomic mass is 16.5. The molecule has 0 aliphatic rings. The number of anilines is 1. The second-order valence-corrected chi connectivity index (χ2v) is 3.14. The molecule has 0 heterocycles. The Labute approximate surface area is 94.0 Å². The van der Waals surface area contributed by atoms with E-state index in [9.17, 15) is 9.90 Å². The summed E-state index contributed by atoms with van der Waals surface area (Å²) in [6.45, 7) is 1.10. The Morgan fingerprint density at radius 3 is 2.81 bits per heavy atom. The van der Waals surface area contributed by atoms with Gasteiger partial charge in [0.1, 0.15) is 5.75 Å². The number of phenols is 1. The van der Waals surface area contributed by atoms with Crippen molar-refractivity contribution in [3.05, 3.63) is 23.8 Å². The summed E-state index contributed by atoms with van der Waals surface area (Å²) in [6, 6.07) is 4.49. The van der Waals surface area contributed by atoms with Crippen LogP contribution in [0, 0.1) is 0 Å². The molecule has 0 aliphatic carbocycles. The average Bonchev–Trinajstić information content (AvgIpc) is 2.30. The number of carbonyl (C=O) groups excluding carboxylic acids is 1. The molecule has 0 radical (unpaired) electrons. The molecule has 0 bridgehead atoms. The maximum atomic E-state index is 11.4. The second-order valence-electron chi connectivity index (χ2n) is 3.14. The fourth-order valence-corrected chi connectivity index (χ4v) is 1.25. The first-order valence-electron chi connectivity index (χ1n) is 4.83. The average molecular weight is 225 g/mol. The van der Waals surface area contributed by atoms with E-state index in [1.807, 2.05) is 0 Å². The minimum Gasteiger partial charge on any atom is -0.508 e. The van der Waals surface area contributed by atoms with Gasteiger partial charge in [-0.05, 0) is 18.2 Å². The number of phenolic OH excluding ortho intramolecular Hbond substituents is 1. The van der Waals surface area contributed by atoms with Crippen LogP contribution in [-0.2, 0) is 9.47 Å². The van der Waals surface area contributed by atoms with E-state index in [1.54, 1.807) is 13.2 Å². The Kier molecular flexibility index (Phi) is 4.60. The Bertz CT molecular complexity index is 365. The molecule has 0 aliphatic heterocycles. The molecular weight excluding hydrogens is 210 g/mol. The van der Waals surface area contributed by atoms with E-state index in [0.29, 0.717) is 24.4 Å². The third-order valence-electron chi connectivity index (χ3n) is 2.03. The van der Waals surface area contributed by atoms with Crippen molar-refractivity contribution in [2.24, 2.45) is 0 Å². The summed E-state index contributed by atoms with van der Waals surface area (Å²) in [7, 11) is 2.89. The van der Waals surface area contributed by atoms with E-state index in [-0.39, 0.29) is 5.75 Å². The lowest BCUT2D eigenvalue weighted by Crippen LogP contribution is -2.12. The number of nitrogens with one attached hydrogen (secondary N) is 1. The Morgan fingerprint density at radius 2 is 2.19 bits per heavy atom. The van der Waals surface area contributed by atoms with Crippen LogP contribution in [0.25, 0.3) is 0 Å². The Morgan fingerprint density at radius 1 is 1.44 bits per heavy atom. The zero-order chi connectivity index (χ0) is 12.0. The smallest absolute Gasteiger partial charge is 0.340 e. The molecule has 5 nitrogen and oxygen atoms in total. The van der Waals surface area contributed by atoms with Crippen molar-refractivity contribution < 1.29 is 19.4 Å². The Balaban J connectivity index is 2.85. The van der Waals surface area contributed by atoms with Crippen molar-refractivity contribution in [2.75, 3.05) is 32.7 Å². The summed E-state index contributed by atoms with van der Waals surface area (Å²) in [5.74, 6) is -0.464. The highest BCUT2D eigenvalue weighted by Gasteiger charge is 2.12. The number of benzene rings is 1. The largest absolute Gasteiger partial charge is 0.508 e. The number of carbonyl (C=O) groups is 1. The van der Waals surface area contributed by atoms with E-state index < -0.39 is 5.97 Å². The molecule has 16 heavy (non-hydrogen) atoms. The van der Waals surface area contributed by atoms with Gasteiger partial charge in [-0.3, -0.25) is 0 Å². The third kappa shape index (κ3) is 3.13. The lowest BCUT2D eigenvalue weighted by molar-refractivity contribution is 0.0601. The SMILES string of the molecule is COCCNc1ccc(O)cc1C(=O)OC. The molecule has 0 amide bonds. The van der Waals surface area contributed by atoms with E-state index >= 15 is 0 Å². The normalized spacial score (nSPS) is 9.88. The van der Waals surface area contributed by atoms with Crippen molar-refractivity contribution in [2.45, 2.75) is 0 Å². The van der Waals surface area contributed by atoms with E-state index in [2.05, 4.69) is 10.1 Å². The van der Waals surface area contributed by atoms with Gasteiger partial charge in [0, 0.05) is 19.3 Å². The molecule has 1 aromatic carbocycles. The lowest BCUT2D eigenvalue weighted by atomic mass is 10.1.